The van der Waals surface area contributed by atoms with E-state index in [0.717, 1.165) is 44.1 Å². The minimum absolute atomic E-state index is 0.0143. The van der Waals surface area contributed by atoms with Crippen LogP contribution in [0.2, 0.25) is 0 Å². The van der Waals surface area contributed by atoms with Crippen molar-refractivity contribution in [3.05, 3.63) is 23.8 Å². The van der Waals surface area contributed by atoms with Gasteiger partial charge in [0.1, 0.15) is 5.75 Å². The number of hydrogen-bond acceptors (Lipinski definition) is 6. The molecule has 0 aliphatic carbocycles. The number of morpholine rings is 1. The fraction of sp³-hybridized carbons (Fsp3) is 0.471. The maximum Gasteiger partial charge on any atom is 0.414 e. The fourth-order valence-corrected chi connectivity index (χ4v) is 2.22. The van der Waals surface area contributed by atoms with Crippen LogP contribution in [0.4, 0.5) is 5.69 Å². The number of methoxy groups -OCH3 is 1. The number of hydrogen-bond donors (Lipinski definition) is 3. The van der Waals surface area contributed by atoms with Crippen LogP contribution in [0.1, 0.15) is 12.0 Å². The highest BCUT2D eigenvalue weighted by atomic mass is 16.5. The second-order valence-electron chi connectivity index (χ2n) is 5.57. The van der Waals surface area contributed by atoms with E-state index in [0.29, 0.717) is 12.2 Å². The molecule has 1 fully saturated rings. The number of carbonyl (C=O) groups excluding carboxylic acids is 1. The molecular formula is C17H24N2O7. The Bertz CT molecular complexity index is 616. The molecule has 1 aromatic rings. The number of anilines is 1. The van der Waals surface area contributed by atoms with Crippen molar-refractivity contribution in [1.29, 1.82) is 0 Å². The molecule has 1 amide bonds. The molecule has 1 aliphatic heterocycles. The Morgan fingerprint density at radius 1 is 1.19 bits per heavy atom. The number of ether oxygens (including phenoxy) is 2. The predicted octanol–water partition coefficient (Wildman–Crippen LogP) is 0.820. The van der Waals surface area contributed by atoms with Gasteiger partial charge in [-0.15, -0.1) is 0 Å². The number of nitrogens with one attached hydrogen (secondary N) is 1. The molecule has 0 atom stereocenters. The van der Waals surface area contributed by atoms with Gasteiger partial charge in [-0.1, -0.05) is 6.07 Å². The SMILES string of the molecule is COc1ccc(C)cc1NC(=O)CCN1CCOCC1.O=C(O)C(=O)O. The molecule has 3 N–H and O–H groups in total. The lowest BCUT2D eigenvalue weighted by Gasteiger charge is -2.26. The summed E-state index contributed by atoms with van der Waals surface area (Å²) in [6.45, 7) is 6.08. The third-order valence-electron chi connectivity index (χ3n) is 3.57. The summed E-state index contributed by atoms with van der Waals surface area (Å²) in [4.78, 5) is 32.5. The molecule has 144 valence electrons. The summed E-state index contributed by atoms with van der Waals surface area (Å²) < 4.78 is 10.5. The number of carboxylic acid groups (broad SMARTS) is 2. The number of benzene rings is 1. The smallest absolute Gasteiger partial charge is 0.414 e. The first kappa shape index (κ1) is 21.4. The van der Waals surface area contributed by atoms with Crippen LogP contribution in [-0.2, 0) is 19.1 Å². The summed E-state index contributed by atoms with van der Waals surface area (Å²) in [5, 5.41) is 17.7. The molecule has 0 spiro atoms. The minimum Gasteiger partial charge on any atom is -0.495 e. The molecule has 1 heterocycles. The van der Waals surface area contributed by atoms with Crippen LogP contribution in [0.25, 0.3) is 0 Å². The molecule has 0 bridgehead atoms. The fourth-order valence-electron chi connectivity index (χ4n) is 2.22. The average molecular weight is 368 g/mol. The van der Waals surface area contributed by atoms with Gasteiger partial charge in [-0.25, -0.2) is 9.59 Å². The highest BCUT2D eigenvalue weighted by Gasteiger charge is 2.13. The third kappa shape index (κ3) is 7.95. The van der Waals surface area contributed by atoms with Gasteiger partial charge in [0.15, 0.2) is 0 Å². The van der Waals surface area contributed by atoms with Crippen LogP contribution in [0, 0.1) is 6.92 Å². The Morgan fingerprint density at radius 3 is 2.35 bits per heavy atom. The average Bonchev–Trinajstić information content (AvgIpc) is 2.61. The van der Waals surface area contributed by atoms with E-state index < -0.39 is 11.9 Å². The zero-order chi connectivity index (χ0) is 19.5. The maximum atomic E-state index is 12.0. The van der Waals surface area contributed by atoms with E-state index in [-0.39, 0.29) is 5.91 Å². The van der Waals surface area contributed by atoms with Crippen LogP contribution >= 0.6 is 0 Å². The van der Waals surface area contributed by atoms with Gasteiger partial charge in [0.25, 0.3) is 0 Å². The van der Waals surface area contributed by atoms with Crippen molar-refractivity contribution in [2.45, 2.75) is 13.3 Å². The topological polar surface area (TPSA) is 125 Å². The highest BCUT2D eigenvalue weighted by Crippen LogP contribution is 2.25. The Kier molecular flexibility index (Phi) is 9.10. The van der Waals surface area contributed by atoms with Crippen molar-refractivity contribution in [2.75, 3.05) is 45.3 Å². The van der Waals surface area contributed by atoms with Gasteiger partial charge in [-0.2, -0.15) is 0 Å². The van der Waals surface area contributed by atoms with Gasteiger partial charge in [0.2, 0.25) is 5.91 Å². The molecule has 2 rings (SSSR count). The molecule has 0 unspecified atom stereocenters. The summed E-state index contributed by atoms with van der Waals surface area (Å²) in [6.07, 6.45) is 0.483. The second kappa shape index (κ2) is 11.1. The van der Waals surface area contributed by atoms with Gasteiger partial charge in [-0.3, -0.25) is 9.69 Å². The summed E-state index contributed by atoms with van der Waals surface area (Å²) in [7, 11) is 1.61. The first-order valence-corrected chi connectivity index (χ1v) is 8.04. The minimum atomic E-state index is -1.82. The number of aliphatic carboxylic acids is 2. The molecule has 0 radical (unpaired) electrons. The standard InChI is InChI=1S/C15H22N2O3.C2H2O4/c1-12-3-4-14(19-2)13(11-12)16-15(18)5-6-17-7-9-20-10-8-17;3-1(4)2(5)6/h3-4,11H,5-10H2,1-2H3,(H,16,18);(H,3,4)(H,5,6). The Morgan fingerprint density at radius 2 is 1.81 bits per heavy atom. The Hall–Kier alpha value is -2.65. The summed E-state index contributed by atoms with van der Waals surface area (Å²) in [5.41, 5.74) is 1.83. The second-order valence-corrected chi connectivity index (χ2v) is 5.57. The zero-order valence-corrected chi connectivity index (χ0v) is 14.9. The molecule has 0 aromatic heterocycles. The maximum absolute atomic E-state index is 12.0. The summed E-state index contributed by atoms with van der Waals surface area (Å²) >= 11 is 0. The van der Waals surface area contributed by atoms with Crippen molar-refractivity contribution >= 4 is 23.5 Å². The molecule has 1 saturated heterocycles. The summed E-state index contributed by atoms with van der Waals surface area (Å²) in [6, 6.07) is 5.75. The first-order chi connectivity index (χ1) is 12.3. The number of aryl methyl sites for hydroxylation is 1. The van der Waals surface area contributed by atoms with E-state index in [1.54, 1.807) is 7.11 Å². The number of amides is 1. The number of nitrogens with zero attached hydrogens (tertiary/aromatic N) is 1. The van der Waals surface area contributed by atoms with Crippen LogP contribution in [0.15, 0.2) is 18.2 Å². The van der Waals surface area contributed by atoms with E-state index in [4.69, 9.17) is 29.3 Å². The van der Waals surface area contributed by atoms with Gasteiger partial charge >= 0.3 is 11.9 Å². The van der Waals surface area contributed by atoms with Crippen molar-refractivity contribution in [2.24, 2.45) is 0 Å². The quantitative estimate of drug-likeness (QED) is 0.652. The Labute approximate surface area is 151 Å². The largest absolute Gasteiger partial charge is 0.495 e. The van der Waals surface area contributed by atoms with E-state index in [1.807, 2.05) is 25.1 Å². The van der Waals surface area contributed by atoms with Crippen molar-refractivity contribution in [3.8, 4) is 5.75 Å². The van der Waals surface area contributed by atoms with Crippen LogP contribution in [0.3, 0.4) is 0 Å². The lowest BCUT2D eigenvalue weighted by atomic mass is 10.2. The lowest BCUT2D eigenvalue weighted by molar-refractivity contribution is -0.159. The Balaban J connectivity index is 0.000000487. The normalized spacial score (nSPS) is 13.9. The van der Waals surface area contributed by atoms with Crippen LogP contribution in [-0.4, -0.2) is 72.9 Å². The first-order valence-electron chi connectivity index (χ1n) is 8.04. The molecule has 0 saturated carbocycles. The number of carboxylic acids is 2. The van der Waals surface area contributed by atoms with E-state index in [9.17, 15) is 4.79 Å². The third-order valence-corrected chi connectivity index (χ3v) is 3.57. The molecule has 1 aliphatic rings. The molecule has 9 heteroatoms. The van der Waals surface area contributed by atoms with Crippen LogP contribution < -0.4 is 10.1 Å². The molecule has 26 heavy (non-hydrogen) atoms. The number of carbonyl (C=O) groups is 3. The lowest BCUT2D eigenvalue weighted by Crippen LogP contribution is -2.38. The van der Waals surface area contributed by atoms with Gasteiger partial charge < -0.3 is 25.0 Å². The van der Waals surface area contributed by atoms with Gasteiger partial charge in [0, 0.05) is 26.1 Å². The van der Waals surface area contributed by atoms with Crippen molar-refractivity contribution < 1.29 is 34.1 Å². The van der Waals surface area contributed by atoms with E-state index in [2.05, 4.69) is 10.2 Å². The molecule has 9 nitrogen and oxygen atoms in total. The monoisotopic (exact) mass is 368 g/mol. The zero-order valence-electron chi connectivity index (χ0n) is 14.9. The highest BCUT2D eigenvalue weighted by molar-refractivity contribution is 6.27. The van der Waals surface area contributed by atoms with Crippen molar-refractivity contribution in [3.63, 3.8) is 0 Å². The van der Waals surface area contributed by atoms with E-state index in [1.165, 1.54) is 0 Å². The van der Waals surface area contributed by atoms with Gasteiger partial charge in [-0.05, 0) is 24.6 Å². The van der Waals surface area contributed by atoms with Crippen molar-refractivity contribution in [1.82, 2.24) is 4.90 Å². The van der Waals surface area contributed by atoms with E-state index >= 15 is 0 Å². The molecular weight excluding hydrogens is 344 g/mol. The van der Waals surface area contributed by atoms with Gasteiger partial charge in [0.05, 0.1) is 26.0 Å². The predicted molar refractivity (Wildman–Crippen MR) is 93.5 cm³/mol. The van der Waals surface area contributed by atoms with Crippen LogP contribution in [0.5, 0.6) is 5.75 Å². The number of rotatable bonds is 5. The summed E-state index contributed by atoms with van der Waals surface area (Å²) in [5.74, 6) is -2.94. The molecule has 1 aromatic carbocycles.